The number of rotatable bonds is 10. The van der Waals surface area contributed by atoms with Crippen molar-refractivity contribution in [1.82, 2.24) is 9.97 Å². The average molecular weight is 622 g/mol. The second kappa shape index (κ2) is 14.2. The molecule has 0 bridgehead atoms. The monoisotopic (exact) mass is 620 g/mol. The lowest BCUT2D eigenvalue weighted by atomic mass is 10.2. The second-order valence-electron chi connectivity index (χ2n) is 9.39. The van der Waals surface area contributed by atoms with Gasteiger partial charge < -0.3 is 28.7 Å². The first kappa shape index (κ1) is 29.5. The highest BCUT2D eigenvalue weighted by Gasteiger charge is 2.19. The molecule has 0 radical (unpaired) electrons. The molecule has 0 amide bonds. The number of aryl methyl sites for hydroxylation is 1. The van der Waals surface area contributed by atoms with Crippen LogP contribution >= 0.6 is 34.8 Å². The van der Waals surface area contributed by atoms with Gasteiger partial charge in [-0.15, -0.1) is 0 Å². The van der Waals surface area contributed by atoms with Crippen molar-refractivity contribution in [3.05, 3.63) is 62.6 Å². The quantitative estimate of drug-likeness (QED) is 0.183. The van der Waals surface area contributed by atoms with Gasteiger partial charge in [-0.1, -0.05) is 34.8 Å². The Labute approximate surface area is 254 Å². The van der Waals surface area contributed by atoms with Gasteiger partial charge in [0.15, 0.2) is 5.82 Å². The minimum absolute atomic E-state index is 0.259. The Morgan fingerprint density at radius 3 is 2.32 bits per heavy atom. The molecule has 13 heteroatoms. The number of hydrogen-bond donors (Lipinski definition) is 1. The second-order valence-corrected chi connectivity index (χ2v) is 10.6. The third-order valence-electron chi connectivity index (χ3n) is 6.48. The summed E-state index contributed by atoms with van der Waals surface area (Å²) in [6.07, 6.45) is 1.60. The summed E-state index contributed by atoms with van der Waals surface area (Å²) < 4.78 is 22.8. The van der Waals surface area contributed by atoms with Crippen LogP contribution in [0.4, 0.5) is 17.6 Å². The maximum Gasteiger partial charge on any atom is 0.229 e. The van der Waals surface area contributed by atoms with Crippen LogP contribution in [0.2, 0.25) is 15.1 Å². The van der Waals surface area contributed by atoms with E-state index in [2.05, 4.69) is 20.3 Å². The third-order valence-corrected chi connectivity index (χ3v) is 7.40. The Balaban J connectivity index is 1.28. The minimum Gasteiger partial charge on any atom is -0.490 e. The normalized spacial score (nSPS) is 15.8. The molecule has 0 unspecified atom stereocenters. The molecule has 218 valence electrons. The van der Waals surface area contributed by atoms with Gasteiger partial charge in [0.25, 0.3) is 0 Å². The lowest BCUT2D eigenvalue weighted by molar-refractivity contribution is 0.121. The van der Waals surface area contributed by atoms with Gasteiger partial charge in [0, 0.05) is 47.9 Å². The van der Waals surface area contributed by atoms with Crippen LogP contribution in [0.25, 0.3) is 0 Å². The van der Waals surface area contributed by atoms with Gasteiger partial charge in [-0.2, -0.15) is 15.1 Å². The highest BCUT2D eigenvalue weighted by atomic mass is 35.5. The molecule has 0 aliphatic carbocycles. The largest absolute Gasteiger partial charge is 0.490 e. The first-order chi connectivity index (χ1) is 20.0. The highest BCUT2D eigenvalue weighted by molar-refractivity contribution is 6.36. The molecule has 2 aliphatic heterocycles. The molecular weight excluding hydrogens is 591 g/mol. The molecule has 2 aliphatic rings. The van der Waals surface area contributed by atoms with Crippen LogP contribution in [-0.4, -0.2) is 82.0 Å². The maximum absolute atomic E-state index is 6.48. The summed E-state index contributed by atoms with van der Waals surface area (Å²) in [4.78, 5) is 13.8. The van der Waals surface area contributed by atoms with Crippen molar-refractivity contribution in [3.63, 3.8) is 0 Å². The Bertz CT molecular complexity index is 1330. The number of ether oxygens (including phenoxy) is 4. The molecule has 41 heavy (non-hydrogen) atoms. The number of hydrogen-bond acceptors (Lipinski definition) is 10. The van der Waals surface area contributed by atoms with Crippen molar-refractivity contribution in [2.24, 2.45) is 5.10 Å². The molecule has 1 aromatic heterocycles. The summed E-state index contributed by atoms with van der Waals surface area (Å²) in [5, 5.41) is 5.95. The van der Waals surface area contributed by atoms with E-state index in [1.54, 1.807) is 24.4 Å². The standard InChI is InChI=1S/C28H31Cl3N6O4/c1-19-14-22(2-3-23(19)30)40-12-13-41-27-20(15-21(29)16-24(27)31)18-32-35-25-17-26(36-4-8-38-9-5-36)34-28(33-25)37-6-10-39-11-7-37/h2-3,14-18H,4-13H2,1H3,(H,33,34,35)/b32-18-. The summed E-state index contributed by atoms with van der Waals surface area (Å²) in [7, 11) is 0. The summed E-state index contributed by atoms with van der Waals surface area (Å²) in [5.74, 6) is 3.15. The average Bonchev–Trinajstić information content (AvgIpc) is 2.99. The first-order valence-electron chi connectivity index (χ1n) is 13.3. The van der Waals surface area contributed by atoms with Crippen LogP contribution in [0.15, 0.2) is 41.5 Å². The van der Waals surface area contributed by atoms with E-state index in [0.717, 1.165) is 37.6 Å². The smallest absolute Gasteiger partial charge is 0.229 e. The topological polar surface area (TPSA) is 93.6 Å². The van der Waals surface area contributed by atoms with Crippen LogP contribution in [-0.2, 0) is 9.47 Å². The Morgan fingerprint density at radius 2 is 1.59 bits per heavy atom. The number of nitrogens with one attached hydrogen (secondary N) is 1. The lowest BCUT2D eigenvalue weighted by Crippen LogP contribution is -2.39. The van der Waals surface area contributed by atoms with Crippen LogP contribution < -0.4 is 24.7 Å². The van der Waals surface area contributed by atoms with E-state index >= 15 is 0 Å². The molecule has 3 aromatic rings. The van der Waals surface area contributed by atoms with Gasteiger partial charge in [-0.3, -0.25) is 5.43 Å². The number of morpholine rings is 2. The highest BCUT2D eigenvalue weighted by Crippen LogP contribution is 2.32. The number of nitrogens with zero attached hydrogens (tertiary/aromatic N) is 5. The number of anilines is 3. The van der Waals surface area contributed by atoms with Crippen molar-refractivity contribution < 1.29 is 18.9 Å². The molecule has 0 spiro atoms. The van der Waals surface area contributed by atoms with E-state index in [-0.39, 0.29) is 6.61 Å². The van der Waals surface area contributed by atoms with Crippen molar-refractivity contribution in [1.29, 1.82) is 0 Å². The van der Waals surface area contributed by atoms with E-state index in [9.17, 15) is 0 Å². The van der Waals surface area contributed by atoms with Crippen molar-refractivity contribution in [2.75, 3.05) is 81.0 Å². The Morgan fingerprint density at radius 1 is 0.878 bits per heavy atom. The fraction of sp³-hybridized carbons (Fsp3) is 0.393. The summed E-state index contributed by atoms with van der Waals surface area (Å²) >= 11 is 18.9. The molecular formula is C28H31Cl3N6O4. The lowest BCUT2D eigenvalue weighted by Gasteiger charge is -2.31. The van der Waals surface area contributed by atoms with Gasteiger partial charge in [0.2, 0.25) is 5.95 Å². The van der Waals surface area contributed by atoms with Gasteiger partial charge in [-0.25, -0.2) is 0 Å². The molecule has 2 fully saturated rings. The zero-order valence-electron chi connectivity index (χ0n) is 22.6. The number of benzene rings is 2. The van der Waals surface area contributed by atoms with Gasteiger partial charge in [-0.05, 0) is 42.8 Å². The number of aromatic nitrogens is 2. The number of hydrazone groups is 1. The van der Waals surface area contributed by atoms with Crippen LogP contribution in [0, 0.1) is 6.92 Å². The van der Waals surface area contributed by atoms with E-state index in [4.69, 9.17) is 63.7 Å². The summed E-state index contributed by atoms with van der Waals surface area (Å²) in [6, 6.07) is 10.7. The van der Waals surface area contributed by atoms with Gasteiger partial charge >= 0.3 is 0 Å². The fourth-order valence-electron chi connectivity index (χ4n) is 4.35. The predicted octanol–water partition coefficient (Wildman–Crippen LogP) is 5.32. The SMILES string of the molecule is Cc1cc(OCCOc2c(Cl)cc(Cl)cc2/C=N\Nc2cc(N3CCOCC3)nc(N3CCOCC3)n2)ccc1Cl. The Hall–Kier alpha value is -3.02. The summed E-state index contributed by atoms with van der Waals surface area (Å²) in [5.41, 5.74) is 4.59. The molecule has 2 saturated heterocycles. The van der Waals surface area contributed by atoms with E-state index in [0.29, 0.717) is 76.9 Å². The molecule has 2 aromatic carbocycles. The molecule has 10 nitrogen and oxygen atoms in total. The number of halogens is 3. The van der Waals surface area contributed by atoms with Crippen molar-refractivity contribution >= 4 is 58.6 Å². The summed E-state index contributed by atoms with van der Waals surface area (Å²) in [6.45, 7) is 8.02. The zero-order chi connectivity index (χ0) is 28.6. The first-order valence-corrected chi connectivity index (χ1v) is 14.4. The predicted molar refractivity (Wildman–Crippen MR) is 163 cm³/mol. The maximum atomic E-state index is 6.48. The fourth-order valence-corrected chi connectivity index (χ4v) is 5.03. The molecule has 5 rings (SSSR count). The zero-order valence-corrected chi connectivity index (χ0v) is 24.9. The molecule has 1 N–H and O–H groups in total. The van der Waals surface area contributed by atoms with Crippen molar-refractivity contribution in [2.45, 2.75) is 6.92 Å². The van der Waals surface area contributed by atoms with Gasteiger partial charge in [0.05, 0.1) is 37.7 Å². The van der Waals surface area contributed by atoms with Gasteiger partial charge in [0.1, 0.15) is 30.5 Å². The van der Waals surface area contributed by atoms with E-state index in [1.807, 2.05) is 25.1 Å². The molecule has 0 saturated carbocycles. The minimum atomic E-state index is 0.259. The third kappa shape index (κ3) is 8.05. The van der Waals surface area contributed by atoms with E-state index in [1.165, 1.54) is 0 Å². The van der Waals surface area contributed by atoms with Crippen LogP contribution in [0.5, 0.6) is 11.5 Å². The van der Waals surface area contributed by atoms with Crippen molar-refractivity contribution in [3.8, 4) is 11.5 Å². The van der Waals surface area contributed by atoms with Crippen LogP contribution in [0.1, 0.15) is 11.1 Å². The van der Waals surface area contributed by atoms with Crippen LogP contribution in [0.3, 0.4) is 0 Å². The molecule has 0 atom stereocenters. The Kier molecular flexibility index (Phi) is 10.2. The van der Waals surface area contributed by atoms with E-state index < -0.39 is 0 Å². The molecule has 3 heterocycles.